The number of nitrogens with one attached hydrogen (secondary N) is 1. The molecule has 1 aromatic heterocycles. The minimum absolute atomic E-state index is 0.154. The summed E-state index contributed by atoms with van der Waals surface area (Å²) < 4.78 is 15.0. The number of aromatic nitrogens is 2. The number of halogens is 1. The molecule has 0 aliphatic heterocycles. The Kier molecular flexibility index (Phi) is 3.41. The van der Waals surface area contributed by atoms with E-state index in [-0.39, 0.29) is 17.8 Å². The van der Waals surface area contributed by atoms with Gasteiger partial charge in [-0.25, -0.2) is 9.07 Å². The summed E-state index contributed by atoms with van der Waals surface area (Å²) in [6, 6.07) is 5.95. The Bertz CT molecular complexity index is 551. The zero-order valence-corrected chi connectivity index (χ0v) is 10.2. The van der Waals surface area contributed by atoms with Crippen molar-refractivity contribution in [3.8, 4) is 5.69 Å². The van der Waals surface area contributed by atoms with Crippen LogP contribution in [0.1, 0.15) is 25.5 Å². The third kappa shape index (κ3) is 2.56. The first-order chi connectivity index (χ1) is 8.58. The number of hydrogen-bond acceptors (Lipinski definition) is 2. The molecule has 4 nitrogen and oxygen atoms in total. The molecule has 0 bridgehead atoms. The number of nitrogens with zero attached hydrogens (tertiary/aromatic N) is 2. The van der Waals surface area contributed by atoms with Gasteiger partial charge in [0.15, 0.2) is 0 Å². The van der Waals surface area contributed by atoms with Crippen LogP contribution in [-0.4, -0.2) is 15.7 Å². The Labute approximate surface area is 104 Å². The lowest BCUT2D eigenvalue weighted by Gasteiger charge is -2.17. The predicted octanol–water partition coefficient (Wildman–Crippen LogP) is 2.21. The zero-order valence-electron chi connectivity index (χ0n) is 10.2. The molecule has 1 amide bonds. The second-order valence-corrected chi connectivity index (χ2v) is 4.08. The van der Waals surface area contributed by atoms with Crippen molar-refractivity contribution >= 4 is 5.91 Å². The molecule has 2 rings (SSSR count). The Morgan fingerprint density at radius 1 is 1.50 bits per heavy atom. The van der Waals surface area contributed by atoms with Gasteiger partial charge in [0.25, 0.3) is 0 Å². The van der Waals surface area contributed by atoms with Gasteiger partial charge in [-0.3, -0.25) is 4.79 Å². The number of rotatable bonds is 3. The van der Waals surface area contributed by atoms with Gasteiger partial charge < -0.3 is 5.32 Å². The third-order valence-electron chi connectivity index (χ3n) is 2.63. The summed E-state index contributed by atoms with van der Waals surface area (Å²) in [6.45, 7) is 3.24. The van der Waals surface area contributed by atoms with Gasteiger partial charge in [0.2, 0.25) is 5.91 Å². The first-order valence-corrected chi connectivity index (χ1v) is 5.64. The molecule has 0 radical (unpaired) electrons. The van der Waals surface area contributed by atoms with Gasteiger partial charge in [0.05, 0.1) is 11.7 Å². The quantitative estimate of drug-likeness (QED) is 0.903. The fourth-order valence-corrected chi connectivity index (χ4v) is 1.87. The standard InChI is InChI=1S/C13H14FN3O/c1-9(16-10(2)18)12-8-11(14)4-5-13(12)17-7-3-6-15-17/h3-9H,1-2H3,(H,16,18). The van der Waals surface area contributed by atoms with Gasteiger partial charge in [-0.15, -0.1) is 0 Å². The highest BCUT2D eigenvalue weighted by atomic mass is 19.1. The second kappa shape index (κ2) is 5.00. The zero-order chi connectivity index (χ0) is 13.1. The van der Waals surface area contributed by atoms with Crippen LogP contribution in [0, 0.1) is 5.82 Å². The molecule has 2 aromatic rings. The number of amides is 1. The molecule has 18 heavy (non-hydrogen) atoms. The highest BCUT2D eigenvalue weighted by molar-refractivity contribution is 5.73. The number of hydrogen-bond donors (Lipinski definition) is 1. The van der Waals surface area contributed by atoms with Crippen molar-refractivity contribution in [2.24, 2.45) is 0 Å². The van der Waals surface area contributed by atoms with E-state index < -0.39 is 0 Å². The highest BCUT2D eigenvalue weighted by Crippen LogP contribution is 2.22. The van der Waals surface area contributed by atoms with Gasteiger partial charge in [-0.05, 0) is 31.2 Å². The van der Waals surface area contributed by atoms with Crippen LogP contribution in [0.25, 0.3) is 5.69 Å². The second-order valence-electron chi connectivity index (χ2n) is 4.08. The lowest BCUT2D eigenvalue weighted by atomic mass is 10.1. The number of carbonyl (C=O) groups excluding carboxylic acids is 1. The van der Waals surface area contributed by atoms with Crippen molar-refractivity contribution in [1.29, 1.82) is 0 Å². The van der Waals surface area contributed by atoms with Crippen molar-refractivity contribution in [3.05, 3.63) is 48.0 Å². The van der Waals surface area contributed by atoms with Crippen LogP contribution in [0.15, 0.2) is 36.7 Å². The van der Waals surface area contributed by atoms with E-state index in [0.717, 1.165) is 5.69 Å². The average Bonchev–Trinajstić information content (AvgIpc) is 2.81. The van der Waals surface area contributed by atoms with E-state index >= 15 is 0 Å². The molecule has 1 aromatic carbocycles. The van der Waals surface area contributed by atoms with Crippen molar-refractivity contribution in [2.75, 3.05) is 0 Å². The van der Waals surface area contributed by atoms with Gasteiger partial charge >= 0.3 is 0 Å². The molecule has 0 fully saturated rings. The van der Waals surface area contributed by atoms with Crippen molar-refractivity contribution in [2.45, 2.75) is 19.9 Å². The molecule has 94 valence electrons. The molecule has 0 aliphatic carbocycles. The summed E-state index contributed by atoms with van der Waals surface area (Å²) in [7, 11) is 0. The molecule has 5 heteroatoms. The molecular weight excluding hydrogens is 233 g/mol. The summed E-state index contributed by atoms with van der Waals surface area (Å²) in [6.07, 6.45) is 3.42. The molecule has 1 heterocycles. The van der Waals surface area contributed by atoms with Crippen LogP contribution in [0.4, 0.5) is 4.39 Å². The van der Waals surface area contributed by atoms with Crippen LogP contribution < -0.4 is 5.32 Å². The Morgan fingerprint density at radius 2 is 2.28 bits per heavy atom. The van der Waals surface area contributed by atoms with E-state index in [1.807, 2.05) is 6.92 Å². The summed E-state index contributed by atoms with van der Waals surface area (Å²) in [5.41, 5.74) is 1.44. The Balaban J connectivity index is 2.44. The maximum absolute atomic E-state index is 13.3. The van der Waals surface area contributed by atoms with Crippen molar-refractivity contribution < 1.29 is 9.18 Å². The number of benzene rings is 1. The number of carbonyl (C=O) groups is 1. The van der Waals surface area contributed by atoms with Crippen LogP contribution in [0.5, 0.6) is 0 Å². The molecule has 1 N–H and O–H groups in total. The Hall–Kier alpha value is -2.17. The minimum Gasteiger partial charge on any atom is -0.350 e. The lowest BCUT2D eigenvalue weighted by Crippen LogP contribution is -2.24. The van der Waals surface area contributed by atoms with Gasteiger partial charge in [-0.1, -0.05) is 0 Å². The molecule has 0 saturated carbocycles. The fraction of sp³-hybridized carbons (Fsp3) is 0.231. The first kappa shape index (κ1) is 12.3. The lowest BCUT2D eigenvalue weighted by molar-refractivity contribution is -0.119. The van der Waals surface area contributed by atoms with Gasteiger partial charge in [-0.2, -0.15) is 5.10 Å². The third-order valence-corrected chi connectivity index (χ3v) is 2.63. The summed E-state index contributed by atoms with van der Waals surface area (Å²) >= 11 is 0. The normalized spacial score (nSPS) is 12.2. The van der Waals surface area contributed by atoms with Crippen LogP contribution in [0.2, 0.25) is 0 Å². The minimum atomic E-state index is -0.335. The van der Waals surface area contributed by atoms with E-state index in [1.54, 1.807) is 29.2 Å². The van der Waals surface area contributed by atoms with Crippen molar-refractivity contribution in [1.82, 2.24) is 15.1 Å². The van der Waals surface area contributed by atoms with Gasteiger partial charge in [0, 0.05) is 24.9 Å². The molecule has 1 atom stereocenters. The topological polar surface area (TPSA) is 46.9 Å². The average molecular weight is 247 g/mol. The van der Waals surface area contributed by atoms with E-state index in [4.69, 9.17) is 0 Å². The van der Waals surface area contributed by atoms with E-state index in [1.165, 1.54) is 19.1 Å². The fourth-order valence-electron chi connectivity index (χ4n) is 1.87. The monoisotopic (exact) mass is 247 g/mol. The van der Waals surface area contributed by atoms with Crippen LogP contribution >= 0.6 is 0 Å². The van der Waals surface area contributed by atoms with Crippen LogP contribution in [-0.2, 0) is 4.79 Å². The van der Waals surface area contributed by atoms with E-state index in [9.17, 15) is 9.18 Å². The van der Waals surface area contributed by atoms with Gasteiger partial charge in [0.1, 0.15) is 5.82 Å². The SMILES string of the molecule is CC(=O)NC(C)c1cc(F)ccc1-n1cccn1. The summed E-state index contributed by atoms with van der Waals surface area (Å²) in [5, 5.41) is 6.86. The van der Waals surface area contributed by atoms with E-state index in [2.05, 4.69) is 10.4 Å². The smallest absolute Gasteiger partial charge is 0.217 e. The maximum atomic E-state index is 13.3. The summed E-state index contributed by atoms with van der Waals surface area (Å²) in [4.78, 5) is 11.1. The predicted molar refractivity (Wildman–Crippen MR) is 65.8 cm³/mol. The van der Waals surface area contributed by atoms with E-state index in [0.29, 0.717) is 5.56 Å². The highest BCUT2D eigenvalue weighted by Gasteiger charge is 2.14. The van der Waals surface area contributed by atoms with Crippen LogP contribution in [0.3, 0.4) is 0 Å². The molecular formula is C13H14FN3O. The maximum Gasteiger partial charge on any atom is 0.217 e. The largest absolute Gasteiger partial charge is 0.350 e. The molecule has 0 saturated heterocycles. The summed E-state index contributed by atoms with van der Waals surface area (Å²) in [5.74, 6) is -0.490. The van der Waals surface area contributed by atoms with Crippen molar-refractivity contribution in [3.63, 3.8) is 0 Å². The Morgan fingerprint density at radius 3 is 2.89 bits per heavy atom. The molecule has 0 spiro atoms. The molecule has 1 unspecified atom stereocenters. The first-order valence-electron chi connectivity index (χ1n) is 5.64. The molecule has 0 aliphatic rings.